The van der Waals surface area contributed by atoms with Gasteiger partial charge < -0.3 is 10.2 Å². The molecule has 8 nitrogen and oxygen atoms in total. The van der Waals surface area contributed by atoms with Gasteiger partial charge in [-0.05, 0) is 38.3 Å². The van der Waals surface area contributed by atoms with E-state index in [1.165, 1.54) is 6.07 Å². The zero-order valence-electron chi connectivity index (χ0n) is 16.7. The molecule has 0 radical (unpaired) electrons. The molecule has 2 amide bonds. The summed E-state index contributed by atoms with van der Waals surface area (Å²) < 4.78 is 25.6. The third-order valence-corrected chi connectivity index (χ3v) is 5.47. The van der Waals surface area contributed by atoms with E-state index in [4.69, 9.17) is 11.6 Å². The molecule has 3 heterocycles. The van der Waals surface area contributed by atoms with Gasteiger partial charge in [-0.1, -0.05) is 11.6 Å². The summed E-state index contributed by atoms with van der Waals surface area (Å²) in [5, 5.41) is 5.71. The van der Waals surface area contributed by atoms with Crippen LogP contribution in [0.15, 0.2) is 18.3 Å². The summed E-state index contributed by atoms with van der Waals surface area (Å²) in [5.74, 6) is 0.00836. The highest BCUT2D eigenvalue weighted by molar-refractivity contribution is 6.33. The summed E-state index contributed by atoms with van der Waals surface area (Å²) in [6, 6.07) is 2.57. The Morgan fingerprint density at radius 2 is 2.00 bits per heavy atom. The number of hydrogen-bond donors (Lipinski definition) is 2. The van der Waals surface area contributed by atoms with Gasteiger partial charge in [-0.2, -0.15) is 0 Å². The average molecular weight is 451 g/mol. The molecule has 0 bridgehead atoms. The van der Waals surface area contributed by atoms with Crippen molar-refractivity contribution < 1.29 is 18.4 Å². The standard InChI is InChI=1S/C20H21ClF2N6O2/c1-10-6-15(27-20(25-10)28-18(30)11-2-3-11)19(31)26-13-4-5-29(9-13)17-14(21)7-12(8-24-17)16(22)23/h6-8,11,13,16H,2-5,9H2,1H3,(H,26,31)(H,25,27,28,30). The van der Waals surface area contributed by atoms with Crippen LogP contribution in [0.1, 0.15) is 47.4 Å². The highest BCUT2D eigenvalue weighted by Gasteiger charge is 2.31. The Balaban J connectivity index is 1.39. The Morgan fingerprint density at radius 3 is 2.68 bits per heavy atom. The lowest BCUT2D eigenvalue weighted by Gasteiger charge is -2.19. The van der Waals surface area contributed by atoms with Gasteiger partial charge in [0, 0.05) is 42.5 Å². The fourth-order valence-electron chi connectivity index (χ4n) is 3.43. The van der Waals surface area contributed by atoms with Crippen molar-refractivity contribution in [1.82, 2.24) is 20.3 Å². The predicted molar refractivity (Wildman–Crippen MR) is 110 cm³/mol. The minimum atomic E-state index is -2.64. The van der Waals surface area contributed by atoms with Crippen LogP contribution in [0.2, 0.25) is 5.02 Å². The fourth-order valence-corrected chi connectivity index (χ4v) is 3.72. The van der Waals surface area contributed by atoms with E-state index in [1.807, 2.05) is 4.90 Å². The van der Waals surface area contributed by atoms with Crippen molar-refractivity contribution in [2.45, 2.75) is 38.7 Å². The molecule has 1 saturated heterocycles. The van der Waals surface area contributed by atoms with E-state index < -0.39 is 6.43 Å². The Hall–Kier alpha value is -2.88. The summed E-state index contributed by atoms with van der Waals surface area (Å²) in [4.78, 5) is 38.9. The van der Waals surface area contributed by atoms with E-state index in [9.17, 15) is 18.4 Å². The first kappa shape index (κ1) is 21.4. The lowest BCUT2D eigenvalue weighted by atomic mass is 10.2. The maximum Gasteiger partial charge on any atom is 0.270 e. The first-order valence-corrected chi connectivity index (χ1v) is 10.3. The summed E-state index contributed by atoms with van der Waals surface area (Å²) >= 11 is 6.13. The molecule has 2 aromatic rings. The minimum Gasteiger partial charge on any atom is -0.353 e. The topological polar surface area (TPSA) is 100 Å². The van der Waals surface area contributed by atoms with Gasteiger partial charge in [-0.3, -0.25) is 14.9 Å². The van der Waals surface area contributed by atoms with Crippen molar-refractivity contribution >= 4 is 35.2 Å². The number of carbonyl (C=O) groups is 2. The Labute approximate surface area is 182 Å². The first-order chi connectivity index (χ1) is 14.8. The van der Waals surface area contributed by atoms with Crippen LogP contribution >= 0.6 is 11.6 Å². The van der Waals surface area contributed by atoms with Crippen LogP contribution in [0, 0.1) is 12.8 Å². The molecule has 2 aromatic heterocycles. The van der Waals surface area contributed by atoms with Crippen molar-refractivity contribution in [3.8, 4) is 0 Å². The minimum absolute atomic E-state index is 0.000976. The van der Waals surface area contributed by atoms with Crippen LogP contribution in [0.3, 0.4) is 0 Å². The molecule has 2 fully saturated rings. The van der Waals surface area contributed by atoms with Crippen LogP contribution in [0.5, 0.6) is 0 Å². The van der Waals surface area contributed by atoms with Crippen LogP contribution in [-0.4, -0.2) is 45.9 Å². The average Bonchev–Trinajstić information content (AvgIpc) is 3.47. The number of rotatable bonds is 6. The van der Waals surface area contributed by atoms with Gasteiger partial charge in [0.25, 0.3) is 12.3 Å². The lowest BCUT2D eigenvalue weighted by Crippen LogP contribution is -2.37. The van der Waals surface area contributed by atoms with Crippen LogP contribution in [-0.2, 0) is 4.79 Å². The number of nitrogens with one attached hydrogen (secondary N) is 2. The number of halogens is 3. The van der Waals surface area contributed by atoms with Gasteiger partial charge in [0.1, 0.15) is 11.5 Å². The van der Waals surface area contributed by atoms with Crippen molar-refractivity contribution in [3.05, 3.63) is 40.3 Å². The molecular weight excluding hydrogens is 430 g/mol. The molecule has 2 N–H and O–H groups in total. The van der Waals surface area contributed by atoms with Gasteiger partial charge in [-0.15, -0.1) is 0 Å². The molecule has 1 unspecified atom stereocenters. The molecule has 4 rings (SSSR count). The van der Waals surface area contributed by atoms with E-state index in [-0.39, 0.29) is 46.0 Å². The maximum absolute atomic E-state index is 12.8. The third-order valence-electron chi connectivity index (χ3n) is 5.19. The van der Waals surface area contributed by atoms with E-state index >= 15 is 0 Å². The van der Waals surface area contributed by atoms with Crippen molar-refractivity contribution in [1.29, 1.82) is 0 Å². The van der Waals surface area contributed by atoms with E-state index in [2.05, 4.69) is 25.6 Å². The largest absolute Gasteiger partial charge is 0.353 e. The molecule has 1 atom stereocenters. The molecule has 1 aliphatic carbocycles. The predicted octanol–water partition coefficient (Wildman–Crippen LogP) is 3.13. The third kappa shape index (κ3) is 5.07. The number of aromatic nitrogens is 3. The monoisotopic (exact) mass is 450 g/mol. The van der Waals surface area contributed by atoms with Gasteiger partial charge in [-0.25, -0.2) is 23.7 Å². The van der Waals surface area contributed by atoms with E-state index in [0.29, 0.717) is 31.0 Å². The fraction of sp³-hybridized carbons (Fsp3) is 0.450. The number of hydrogen-bond acceptors (Lipinski definition) is 6. The first-order valence-electron chi connectivity index (χ1n) is 9.96. The number of anilines is 2. The van der Waals surface area contributed by atoms with E-state index in [1.54, 1.807) is 13.0 Å². The molecular formula is C20H21ClF2N6O2. The van der Waals surface area contributed by atoms with E-state index in [0.717, 1.165) is 19.0 Å². The Kier molecular flexibility index (Phi) is 5.99. The Morgan fingerprint density at radius 1 is 1.23 bits per heavy atom. The summed E-state index contributed by atoms with van der Waals surface area (Å²) in [5.41, 5.74) is 0.491. The van der Waals surface area contributed by atoms with Gasteiger partial charge in [0.2, 0.25) is 11.9 Å². The zero-order chi connectivity index (χ0) is 22.1. The second-order valence-corrected chi connectivity index (χ2v) is 8.17. The van der Waals surface area contributed by atoms with Crippen molar-refractivity contribution in [3.63, 3.8) is 0 Å². The normalized spacial score (nSPS) is 18.4. The number of nitrogens with zero attached hydrogens (tertiary/aromatic N) is 4. The molecule has 164 valence electrons. The molecule has 1 saturated carbocycles. The van der Waals surface area contributed by atoms with Crippen molar-refractivity contribution in [2.75, 3.05) is 23.3 Å². The van der Waals surface area contributed by atoms with Crippen LogP contribution < -0.4 is 15.5 Å². The summed E-state index contributed by atoms with van der Waals surface area (Å²) in [7, 11) is 0. The SMILES string of the molecule is Cc1cc(C(=O)NC2CCN(c3ncc(C(F)F)cc3Cl)C2)nc(NC(=O)C2CC2)n1. The molecule has 11 heteroatoms. The van der Waals surface area contributed by atoms with Crippen LogP contribution in [0.25, 0.3) is 0 Å². The van der Waals surface area contributed by atoms with Gasteiger partial charge >= 0.3 is 0 Å². The zero-order valence-corrected chi connectivity index (χ0v) is 17.5. The molecule has 31 heavy (non-hydrogen) atoms. The second-order valence-electron chi connectivity index (χ2n) is 7.76. The number of aryl methyl sites for hydroxylation is 1. The number of amides is 2. The highest BCUT2D eigenvalue weighted by Crippen LogP contribution is 2.31. The number of alkyl halides is 2. The summed E-state index contributed by atoms with van der Waals surface area (Å²) in [6.45, 7) is 2.72. The molecule has 0 aromatic carbocycles. The van der Waals surface area contributed by atoms with Gasteiger partial charge in [0.15, 0.2) is 0 Å². The Bertz CT molecular complexity index is 1020. The smallest absolute Gasteiger partial charge is 0.270 e. The quantitative estimate of drug-likeness (QED) is 0.701. The number of pyridine rings is 1. The van der Waals surface area contributed by atoms with Crippen molar-refractivity contribution in [2.24, 2.45) is 5.92 Å². The van der Waals surface area contributed by atoms with Crippen LogP contribution in [0.4, 0.5) is 20.5 Å². The highest BCUT2D eigenvalue weighted by atomic mass is 35.5. The van der Waals surface area contributed by atoms with Gasteiger partial charge in [0.05, 0.1) is 5.02 Å². The second kappa shape index (κ2) is 8.70. The number of carbonyl (C=O) groups excluding carboxylic acids is 2. The molecule has 1 aliphatic heterocycles. The lowest BCUT2D eigenvalue weighted by molar-refractivity contribution is -0.117. The maximum atomic E-state index is 12.8. The molecule has 0 spiro atoms. The molecule has 2 aliphatic rings. The summed E-state index contributed by atoms with van der Waals surface area (Å²) in [6.07, 6.45) is 0.814.